The predicted molar refractivity (Wildman–Crippen MR) is 65.0 cm³/mol. The van der Waals surface area contributed by atoms with Crippen molar-refractivity contribution in [3.05, 3.63) is 34.1 Å². The summed E-state index contributed by atoms with van der Waals surface area (Å²) in [6.07, 6.45) is 0.848. The summed E-state index contributed by atoms with van der Waals surface area (Å²) < 4.78 is 13.5. The molecule has 0 aliphatic carbocycles. The van der Waals surface area contributed by atoms with Gasteiger partial charge in [-0.05, 0) is 54.1 Å². The van der Waals surface area contributed by atoms with Crippen LogP contribution in [0.15, 0.2) is 22.7 Å². The lowest BCUT2D eigenvalue weighted by molar-refractivity contribution is 0.0953. The molecule has 1 aromatic rings. The van der Waals surface area contributed by atoms with Crippen LogP contribution in [0, 0.1) is 5.82 Å². The van der Waals surface area contributed by atoms with Crippen molar-refractivity contribution in [2.75, 3.05) is 20.1 Å². The molecule has 0 aliphatic heterocycles. The molecule has 0 saturated carbocycles. The van der Waals surface area contributed by atoms with Gasteiger partial charge in [0.2, 0.25) is 0 Å². The van der Waals surface area contributed by atoms with Crippen LogP contribution in [0.25, 0.3) is 0 Å². The summed E-state index contributed by atoms with van der Waals surface area (Å²) >= 11 is 3.04. The monoisotopic (exact) mass is 288 g/mol. The molecule has 0 saturated heterocycles. The van der Waals surface area contributed by atoms with E-state index in [1.54, 1.807) is 6.07 Å². The Morgan fingerprint density at radius 3 is 2.81 bits per heavy atom. The van der Waals surface area contributed by atoms with Gasteiger partial charge in [0, 0.05) is 12.1 Å². The van der Waals surface area contributed by atoms with Crippen molar-refractivity contribution in [2.24, 2.45) is 0 Å². The van der Waals surface area contributed by atoms with Gasteiger partial charge >= 0.3 is 0 Å². The van der Waals surface area contributed by atoms with Gasteiger partial charge < -0.3 is 10.6 Å². The molecular weight excluding hydrogens is 275 g/mol. The molecule has 0 aliphatic rings. The second-order valence-corrected chi connectivity index (χ2v) is 4.20. The second-order valence-electron chi connectivity index (χ2n) is 3.34. The van der Waals surface area contributed by atoms with Crippen molar-refractivity contribution in [1.82, 2.24) is 10.6 Å². The molecular formula is C11H14BrFN2O. The first-order valence-corrected chi connectivity index (χ1v) is 5.82. The molecule has 2 N–H and O–H groups in total. The Morgan fingerprint density at radius 1 is 1.44 bits per heavy atom. The summed E-state index contributed by atoms with van der Waals surface area (Å²) in [7, 11) is 1.85. The molecule has 16 heavy (non-hydrogen) atoms. The predicted octanol–water partition coefficient (Wildman–Crippen LogP) is 1.93. The maximum atomic E-state index is 13.1. The summed E-state index contributed by atoms with van der Waals surface area (Å²) in [6, 6.07) is 4.33. The molecule has 0 bridgehead atoms. The summed E-state index contributed by atoms with van der Waals surface area (Å²) in [6.45, 7) is 1.42. The Kier molecular flexibility index (Phi) is 5.42. The van der Waals surface area contributed by atoms with Crippen LogP contribution in [-0.2, 0) is 0 Å². The smallest absolute Gasteiger partial charge is 0.251 e. The van der Waals surface area contributed by atoms with E-state index in [1.807, 2.05) is 7.05 Å². The third kappa shape index (κ3) is 3.90. The number of rotatable bonds is 5. The number of halogens is 2. The normalized spacial score (nSPS) is 10.2. The minimum Gasteiger partial charge on any atom is -0.352 e. The maximum absolute atomic E-state index is 13.1. The first-order chi connectivity index (χ1) is 7.65. The molecule has 0 atom stereocenters. The highest BCUT2D eigenvalue weighted by atomic mass is 79.9. The quantitative estimate of drug-likeness (QED) is 0.813. The van der Waals surface area contributed by atoms with Crippen molar-refractivity contribution >= 4 is 21.8 Å². The number of nitrogens with one attached hydrogen (secondary N) is 2. The van der Waals surface area contributed by atoms with Crippen molar-refractivity contribution in [3.8, 4) is 0 Å². The van der Waals surface area contributed by atoms with Gasteiger partial charge in [-0.15, -0.1) is 0 Å². The Morgan fingerprint density at radius 2 is 2.19 bits per heavy atom. The average molecular weight is 289 g/mol. The number of hydrogen-bond donors (Lipinski definition) is 2. The van der Waals surface area contributed by atoms with Crippen LogP contribution in [0.4, 0.5) is 4.39 Å². The molecule has 1 amide bonds. The van der Waals surface area contributed by atoms with E-state index < -0.39 is 5.82 Å². The lowest BCUT2D eigenvalue weighted by Crippen LogP contribution is -2.26. The molecule has 0 heterocycles. The van der Waals surface area contributed by atoms with E-state index >= 15 is 0 Å². The highest BCUT2D eigenvalue weighted by molar-refractivity contribution is 9.10. The van der Waals surface area contributed by atoms with Crippen LogP contribution in [0.2, 0.25) is 0 Å². The fraction of sp³-hybridized carbons (Fsp3) is 0.364. The van der Waals surface area contributed by atoms with Crippen molar-refractivity contribution < 1.29 is 9.18 Å². The molecule has 0 unspecified atom stereocenters. The topological polar surface area (TPSA) is 41.1 Å². The summed E-state index contributed by atoms with van der Waals surface area (Å²) in [4.78, 5) is 11.6. The molecule has 0 radical (unpaired) electrons. The van der Waals surface area contributed by atoms with Crippen LogP contribution in [0.3, 0.4) is 0 Å². The zero-order chi connectivity index (χ0) is 12.0. The molecule has 0 aromatic heterocycles. The molecule has 0 spiro atoms. The summed E-state index contributed by atoms with van der Waals surface area (Å²) in [5, 5.41) is 5.70. The van der Waals surface area contributed by atoms with Gasteiger partial charge in [-0.2, -0.15) is 0 Å². The first-order valence-electron chi connectivity index (χ1n) is 5.03. The maximum Gasteiger partial charge on any atom is 0.251 e. The Hall–Kier alpha value is -0.940. The molecule has 1 rings (SSSR count). The SMILES string of the molecule is CNCCCNC(=O)c1ccc(Br)c(F)c1. The lowest BCUT2D eigenvalue weighted by atomic mass is 10.2. The van der Waals surface area contributed by atoms with Crippen molar-refractivity contribution in [2.45, 2.75) is 6.42 Å². The largest absolute Gasteiger partial charge is 0.352 e. The zero-order valence-electron chi connectivity index (χ0n) is 9.02. The Balaban J connectivity index is 2.50. The number of benzene rings is 1. The third-order valence-electron chi connectivity index (χ3n) is 2.07. The van der Waals surface area contributed by atoms with E-state index in [-0.39, 0.29) is 5.91 Å². The van der Waals surface area contributed by atoms with Crippen LogP contribution in [-0.4, -0.2) is 26.0 Å². The van der Waals surface area contributed by atoms with Crippen LogP contribution >= 0.6 is 15.9 Å². The molecule has 0 fully saturated rings. The Bertz CT molecular complexity index is 371. The van der Waals surface area contributed by atoms with E-state index in [0.717, 1.165) is 13.0 Å². The van der Waals surface area contributed by atoms with Gasteiger partial charge in [0.1, 0.15) is 5.82 Å². The van der Waals surface area contributed by atoms with E-state index in [1.165, 1.54) is 12.1 Å². The van der Waals surface area contributed by atoms with E-state index in [4.69, 9.17) is 0 Å². The van der Waals surface area contributed by atoms with Gasteiger partial charge in [0.05, 0.1) is 4.47 Å². The average Bonchev–Trinajstić information content (AvgIpc) is 2.28. The number of carbonyl (C=O) groups is 1. The number of hydrogen-bond acceptors (Lipinski definition) is 2. The molecule has 1 aromatic carbocycles. The third-order valence-corrected chi connectivity index (χ3v) is 2.71. The van der Waals surface area contributed by atoms with Gasteiger partial charge in [0.25, 0.3) is 5.91 Å². The molecule has 88 valence electrons. The lowest BCUT2D eigenvalue weighted by Gasteiger charge is -2.05. The van der Waals surface area contributed by atoms with Crippen molar-refractivity contribution in [3.63, 3.8) is 0 Å². The van der Waals surface area contributed by atoms with Crippen LogP contribution in [0.1, 0.15) is 16.8 Å². The molecule has 3 nitrogen and oxygen atoms in total. The zero-order valence-corrected chi connectivity index (χ0v) is 10.6. The first kappa shape index (κ1) is 13.1. The minimum atomic E-state index is -0.428. The van der Waals surface area contributed by atoms with Gasteiger partial charge in [0.15, 0.2) is 0 Å². The number of amides is 1. The number of carbonyl (C=O) groups excluding carboxylic acids is 1. The fourth-order valence-corrected chi connectivity index (χ4v) is 1.45. The van der Waals surface area contributed by atoms with E-state index in [0.29, 0.717) is 16.6 Å². The highest BCUT2D eigenvalue weighted by Gasteiger charge is 2.07. The van der Waals surface area contributed by atoms with Crippen LogP contribution < -0.4 is 10.6 Å². The van der Waals surface area contributed by atoms with Crippen molar-refractivity contribution in [1.29, 1.82) is 0 Å². The van der Waals surface area contributed by atoms with Gasteiger partial charge in [-0.3, -0.25) is 4.79 Å². The van der Waals surface area contributed by atoms with Gasteiger partial charge in [-0.25, -0.2) is 4.39 Å². The van der Waals surface area contributed by atoms with Gasteiger partial charge in [-0.1, -0.05) is 0 Å². The second kappa shape index (κ2) is 6.60. The minimum absolute atomic E-state index is 0.248. The van der Waals surface area contributed by atoms with E-state index in [2.05, 4.69) is 26.6 Å². The van der Waals surface area contributed by atoms with Crippen LogP contribution in [0.5, 0.6) is 0 Å². The summed E-state index contributed by atoms with van der Waals surface area (Å²) in [5.74, 6) is -0.676. The molecule has 5 heteroatoms. The fourth-order valence-electron chi connectivity index (χ4n) is 1.21. The summed E-state index contributed by atoms with van der Waals surface area (Å²) in [5.41, 5.74) is 0.338. The Labute approximate surface area is 103 Å². The highest BCUT2D eigenvalue weighted by Crippen LogP contribution is 2.16. The van der Waals surface area contributed by atoms with E-state index in [9.17, 15) is 9.18 Å². The standard InChI is InChI=1S/C11H14BrFN2O/c1-14-5-2-6-15-11(16)8-3-4-9(12)10(13)7-8/h3-4,7,14H,2,5-6H2,1H3,(H,15,16).